The molecular formula is C22H25ClN2O2. The highest BCUT2D eigenvalue weighted by molar-refractivity contribution is 6.30. The molecule has 1 heterocycles. The fourth-order valence-electron chi connectivity index (χ4n) is 3.09. The molecule has 1 amide bonds. The van der Waals surface area contributed by atoms with Crippen molar-refractivity contribution in [1.29, 1.82) is 0 Å². The minimum absolute atomic E-state index is 0.0313. The summed E-state index contributed by atoms with van der Waals surface area (Å²) in [5.41, 5.74) is 2.14. The van der Waals surface area contributed by atoms with Gasteiger partial charge in [0.1, 0.15) is 5.75 Å². The quantitative estimate of drug-likeness (QED) is 0.757. The van der Waals surface area contributed by atoms with Gasteiger partial charge in [-0.3, -0.25) is 9.69 Å². The topological polar surface area (TPSA) is 32.8 Å². The number of rotatable bonds is 6. The maximum Gasteiger partial charge on any atom is 0.260 e. The molecule has 0 saturated carbocycles. The van der Waals surface area contributed by atoms with Gasteiger partial charge in [-0.2, -0.15) is 0 Å². The number of aryl methyl sites for hydroxylation is 1. The minimum Gasteiger partial charge on any atom is -0.483 e. The number of benzene rings is 2. The average molecular weight is 385 g/mol. The van der Waals surface area contributed by atoms with Gasteiger partial charge in [-0.1, -0.05) is 54.1 Å². The van der Waals surface area contributed by atoms with Crippen molar-refractivity contribution in [2.24, 2.45) is 0 Å². The zero-order valence-electron chi connectivity index (χ0n) is 15.6. The second kappa shape index (κ2) is 9.58. The zero-order valence-corrected chi connectivity index (χ0v) is 16.4. The van der Waals surface area contributed by atoms with E-state index in [1.807, 2.05) is 42.2 Å². The van der Waals surface area contributed by atoms with Crippen molar-refractivity contribution in [3.63, 3.8) is 0 Å². The minimum atomic E-state index is 0.0313. The maximum absolute atomic E-state index is 12.4. The number of carbonyl (C=O) groups excluding carboxylic acids is 1. The van der Waals surface area contributed by atoms with E-state index in [0.717, 1.165) is 38.3 Å². The number of hydrogen-bond acceptors (Lipinski definition) is 3. The molecule has 0 radical (unpaired) electrons. The molecule has 0 spiro atoms. The van der Waals surface area contributed by atoms with Crippen LogP contribution in [0.5, 0.6) is 5.75 Å². The number of nitrogens with zero attached hydrogens (tertiary/aromatic N) is 2. The fourth-order valence-corrected chi connectivity index (χ4v) is 3.31. The van der Waals surface area contributed by atoms with Gasteiger partial charge in [0.25, 0.3) is 5.91 Å². The highest BCUT2D eigenvalue weighted by Crippen LogP contribution is 2.21. The normalized spacial score (nSPS) is 15.3. The van der Waals surface area contributed by atoms with Gasteiger partial charge in [0.2, 0.25) is 0 Å². The third-order valence-electron chi connectivity index (χ3n) is 4.69. The molecule has 0 bridgehead atoms. The lowest BCUT2D eigenvalue weighted by Gasteiger charge is -2.34. The predicted molar refractivity (Wildman–Crippen MR) is 110 cm³/mol. The van der Waals surface area contributed by atoms with Crippen molar-refractivity contribution in [1.82, 2.24) is 9.80 Å². The van der Waals surface area contributed by atoms with Crippen LogP contribution >= 0.6 is 11.6 Å². The van der Waals surface area contributed by atoms with Crippen molar-refractivity contribution < 1.29 is 9.53 Å². The summed E-state index contributed by atoms with van der Waals surface area (Å²) >= 11 is 5.95. The Morgan fingerprint density at radius 2 is 1.85 bits per heavy atom. The van der Waals surface area contributed by atoms with Gasteiger partial charge in [0, 0.05) is 37.7 Å². The molecule has 142 valence electrons. The maximum atomic E-state index is 12.4. The fraction of sp³-hybridized carbons (Fsp3) is 0.318. The van der Waals surface area contributed by atoms with Crippen LogP contribution in [-0.2, 0) is 4.79 Å². The summed E-state index contributed by atoms with van der Waals surface area (Å²) in [6.45, 7) is 6.12. The van der Waals surface area contributed by atoms with Crippen LogP contribution in [0.3, 0.4) is 0 Å². The number of halogens is 1. The van der Waals surface area contributed by atoms with Gasteiger partial charge >= 0.3 is 0 Å². The van der Waals surface area contributed by atoms with E-state index in [1.165, 1.54) is 5.56 Å². The van der Waals surface area contributed by atoms with E-state index in [4.69, 9.17) is 16.3 Å². The lowest BCUT2D eigenvalue weighted by molar-refractivity contribution is -0.135. The first-order valence-corrected chi connectivity index (χ1v) is 9.60. The second-order valence-corrected chi connectivity index (χ2v) is 7.13. The third-order valence-corrected chi connectivity index (χ3v) is 4.92. The van der Waals surface area contributed by atoms with Crippen LogP contribution in [-0.4, -0.2) is 55.0 Å². The molecule has 0 unspecified atom stereocenters. The van der Waals surface area contributed by atoms with E-state index in [0.29, 0.717) is 10.8 Å². The van der Waals surface area contributed by atoms with Crippen LogP contribution in [0.1, 0.15) is 11.1 Å². The smallest absolute Gasteiger partial charge is 0.260 e. The molecule has 3 rings (SSSR count). The van der Waals surface area contributed by atoms with Gasteiger partial charge in [-0.25, -0.2) is 0 Å². The van der Waals surface area contributed by atoms with Crippen molar-refractivity contribution in [2.45, 2.75) is 6.92 Å². The predicted octanol–water partition coefficient (Wildman–Crippen LogP) is 3.88. The molecule has 1 aliphatic rings. The molecule has 2 aromatic carbocycles. The molecule has 0 atom stereocenters. The van der Waals surface area contributed by atoms with Gasteiger partial charge in [-0.15, -0.1) is 0 Å². The van der Waals surface area contributed by atoms with Crippen molar-refractivity contribution in [2.75, 3.05) is 39.3 Å². The number of carbonyl (C=O) groups is 1. The summed E-state index contributed by atoms with van der Waals surface area (Å²) in [5, 5.41) is 0.670. The Bertz CT molecular complexity index is 784. The zero-order chi connectivity index (χ0) is 19.1. The molecule has 5 heteroatoms. The van der Waals surface area contributed by atoms with Crippen LogP contribution in [0.25, 0.3) is 6.08 Å². The largest absolute Gasteiger partial charge is 0.483 e. The molecule has 1 saturated heterocycles. The Morgan fingerprint density at radius 1 is 1.11 bits per heavy atom. The molecular weight excluding hydrogens is 360 g/mol. The lowest BCUT2D eigenvalue weighted by Crippen LogP contribution is -2.49. The van der Waals surface area contributed by atoms with E-state index >= 15 is 0 Å². The SMILES string of the molecule is Cc1cc(Cl)ccc1OCC(=O)N1CCN(C/C=C\c2ccccc2)CC1. The Kier molecular flexibility index (Phi) is 6.91. The first kappa shape index (κ1) is 19.5. The summed E-state index contributed by atoms with van der Waals surface area (Å²) < 4.78 is 5.67. The Hall–Kier alpha value is -2.30. The van der Waals surface area contributed by atoms with Crippen LogP contribution in [0, 0.1) is 6.92 Å². The van der Waals surface area contributed by atoms with Crippen LogP contribution < -0.4 is 4.74 Å². The summed E-state index contributed by atoms with van der Waals surface area (Å²) in [6, 6.07) is 15.7. The van der Waals surface area contributed by atoms with E-state index in [9.17, 15) is 4.79 Å². The Labute approximate surface area is 166 Å². The van der Waals surface area contributed by atoms with E-state index in [1.54, 1.807) is 6.07 Å². The Balaban J connectivity index is 1.40. The van der Waals surface area contributed by atoms with E-state index in [2.05, 4.69) is 29.2 Å². The van der Waals surface area contributed by atoms with Gasteiger partial charge in [0.05, 0.1) is 0 Å². The standard InChI is InChI=1S/C22H25ClN2O2/c1-18-16-20(23)9-10-21(18)27-17-22(26)25-14-12-24(13-15-25)11-5-8-19-6-3-2-4-7-19/h2-10,16H,11-15,17H2,1H3/b8-5-. The number of hydrogen-bond donors (Lipinski definition) is 0. The van der Waals surface area contributed by atoms with Gasteiger partial charge in [0.15, 0.2) is 6.61 Å². The molecule has 1 aliphatic heterocycles. The van der Waals surface area contributed by atoms with Crippen molar-refractivity contribution >= 4 is 23.6 Å². The molecule has 2 aromatic rings. The number of amides is 1. The summed E-state index contributed by atoms with van der Waals surface area (Å²) in [4.78, 5) is 16.6. The van der Waals surface area contributed by atoms with Crippen LogP contribution in [0.15, 0.2) is 54.6 Å². The van der Waals surface area contributed by atoms with E-state index in [-0.39, 0.29) is 12.5 Å². The summed E-state index contributed by atoms with van der Waals surface area (Å²) in [6.07, 6.45) is 4.32. The summed E-state index contributed by atoms with van der Waals surface area (Å²) in [7, 11) is 0. The number of piperazine rings is 1. The summed E-state index contributed by atoms with van der Waals surface area (Å²) in [5.74, 6) is 0.737. The average Bonchev–Trinajstić information content (AvgIpc) is 2.68. The third kappa shape index (κ3) is 5.84. The monoisotopic (exact) mass is 384 g/mol. The van der Waals surface area contributed by atoms with Gasteiger partial charge in [-0.05, 0) is 36.2 Å². The number of ether oxygens (including phenoxy) is 1. The first-order chi connectivity index (χ1) is 13.1. The Morgan fingerprint density at radius 3 is 2.56 bits per heavy atom. The molecule has 1 fully saturated rings. The highest BCUT2D eigenvalue weighted by atomic mass is 35.5. The molecule has 0 aliphatic carbocycles. The van der Waals surface area contributed by atoms with Gasteiger partial charge < -0.3 is 9.64 Å². The van der Waals surface area contributed by atoms with Crippen LogP contribution in [0.4, 0.5) is 0 Å². The second-order valence-electron chi connectivity index (χ2n) is 6.69. The lowest BCUT2D eigenvalue weighted by atomic mass is 10.2. The molecule has 0 N–H and O–H groups in total. The van der Waals surface area contributed by atoms with E-state index < -0.39 is 0 Å². The highest BCUT2D eigenvalue weighted by Gasteiger charge is 2.20. The van der Waals surface area contributed by atoms with Crippen LogP contribution in [0.2, 0.25) is 5.02 Å². The van der Waals surface area contributed by atoms with Crippen molar-refractivity contribution in [3.05, 3.63) is 70.8 Å². The molecule has 0 aromatic heterocycles. The van der Waals surface area contributed by atoms with Crippen molar-refractivity contribution in [3.8, 4) is 5.75 Å². The first-order valence-electron chi connectivity index (χ1n) is 9.22. The molecule has 4 nitrogen and oxygen atoms in total. The molecule has 27 heavy (non-hydrogen) atoms.